The van der Waals surface area contributed by atoms with Gasteiger partial charge in [-0.2, -0.15) is 0 Å². The summed E-state index contributed by atoms with van der Waals surface area (Å²) in [7, 11) is -1.87. The van der Waals surface area contributed by atoms with Gasteiger partial charge in [0.15, 0.2) is 13.9 Å². The molecule has 0 spiro atoms. The summed E-state index contributed by atoms with van der Waals surface area (Å²) in [6, 6.07) is 4.42. The van der Waals surface area contributed by atoms with E-state index in [1.165, 1.54) is 16.7 Å². The quantitative estimate of drug-likeness (QED) is 0.846. The topological polar surface area (TPSA) is 81.7 Å². The van der Waals surface area contributed by atoms with Crippen LogP contribution < -0.4 is 5.76 Å². The number of carboxylic acid groups (broad SMARTS) is 1. The second-order valence-corrected chi connectivity index (χ2v) is 11.9. The number of rotatable bonds is 5. The van der Waals surface area contributed by atoms with Crippen LogP contribution in [0.3, 0.4) is 0 Å². The first-order valence-electron chi connectivity index (χ1n) is 7.53. The van der Waals surface area contributed by atoms with Gasteiger partial charge in [0.05, 0.1) is 24.2 Å². The Morgan fingerprint density at radius 2 is 2.00 bits per heavy atom. The summed E-state index contributed by atoms with van der Waals surface area (Å²) in [6.45, 7) is 11.6. The number of oxazole rings is 1. The summed E-state index contributed by atoms with van der Waals surface area (Å²) < 4.78 is 12.7. The van der Waals surface area contributed by atoms with Crippen LogP contribution in [0.25, 0.3) is 11.1 Å². The second-order valence-electron chi connectivity index (χ2n) is 7.12. The number of nitrogens with zero attached hydrogens (tertiary/aromatic N) is 1. The van der Waals surface area contributed by atoms with E-state index in [1.807, 2.05) is 0 Å². The number of fused-ring (bicyclic) bond motifs is 1. The van der Waals surface area contributed by atoms with Crippen LogP contribution in [0.2, 0.25) is 18.1 Å². The van der Waals surface area contributed by atoms with Crippen LogP contribution in [0.5, 0.6) is 0 Å². The molecule has 2 rings (SSSR count). The first-order valence-corrected chi connectivity index (χ1v) is 10.4. The first-order chi connectivity index (χ1) is 10.5. The normalized spacial score (nSPS) is 12.7. The maximum Gasteiger partial charge on any atom is 0.420 e. The Labute approximate surface area is 135 Å². The second kappa shape index (κ2) is 5.97. The highest BCUT2D eigenvalue weighted by Crippen LogP contribution is 2.36. The lowest BCUT2D eigenvalue weighted by atomic mass is 10.2. The van der Waals surface area contributed by atoms with Crippen molar-refractivity contribution >= 4 is 25.4 Å². The van der Waals surface area contributed by atoms with E-state index in [9.17, 15) is 9.59 Å². The highest BCUT2D eigenvalue weighted by molar-refractivity contribution is 6.74. The van der Waals surface area contributed by atoms with Gasteiger partial charge in [0.25, 0.3) is 0 Å². The fourth-order valence-corrected chi connectivity index (χ4v) is 3.05. The molecule has 0 saturated heterocycles. The van der Waals surface area contributed by atoms with E-state index in [2.05, 4.69) is 33.9 Å². The third-order valence-electron chi connectivity index (χ3n) is 4.50. The van der Waals surface area contributed by atoms with Crippen LogP contribution in [0.15, 0.2) is 27.4 Å². The number of benzene rings is 1. The zero-order valence-corrected chi connectivity index (χ0v) is 15.2. The number of hydrogen-bond acceptors (Lipinski definition) is 4. The van der Waals surface area contributed by atoms with E-state index in [1.54, 1.807) is 6.07 Å². The Hall–Kier alpha value is -1.86. The number of carboxylic acids is 1. The molecule has 7 heteroatoms. The molecule has 1 heterocycles. The lowest BCUT2D eigenvalue weighted by Crippen LogP contribution is -2.41. The summed E-state index contributed by atoms with van der Waals surface area (Å²) in [5, 5.41) is 9.09. The van der Waals surface area contributed by atoms with E-state index in [0.29, 0.717) is 18.7 Å². The predicted octanol–water partition coefficient (Wildman–Crippen LogP) is 3.31. The van der Waals surface area contributed by atoms with Crippen LogP contribution >= 0.6 is 0 Å². The Morgan fingerprint density at radius 1 is 1.35 bits per heavy atom. The third-order valence-corrected chi connectivity index (χ3v) is 9.04. The monoisotopic (exact) mass is 337 g/mol. The zero-order valence-electron chi connectivity index (χ0n) is 14.2. The molecular weight excluding hydrogens is 314 g/mol. The number of aromatic carboxylic acids is 1. The largest absolute Gasteiger partial charge is 0.478 e. The SMILES string of the molecule is CC(C)(C)[Si](C)(C)OCCn1c(=O)oc2cc(C(=O)O)ccc21. The molecule has 1 aromatic carbocycles. The van der Waals surface area contributed by atoms with Gasteiger partial charge in [-0.15, -0.1) is 0 Å². The van der Waals surface area contributed by atoms with Gasteiger partial charge in [-0.3, -0.25) is 4.57 Å². The smallest absolute Gasteiger partial charge is 0.420 e. The van der Waals surface area contributed by atoms with E-state index in [4.69, 9.17) is 13.9 Å². The van der Waals surface area contributed by atoms with Gasteiger partial charge < -0.3 is 13.9 Å². The van der Waals surface area contributed by atoms with Crippen molar-refractivity contribution in [3.63, 3.8) is 0 Å². The molecule has 0 aliphatic rings. The van der Waals surface area contributed by atoms with E-state index in [-0.39, 0.29) is 16.2 Å². The van der Waals surface area contributed by atoms with Gasteiger partial charge in [-0.1, -0.05) is 20.8 Å². The van der Waals surface area contributed by atoms with Crippen molar-refractivity contribution in [3.05, 3.63) is 34.3 Å². The van der Waals surface area contributed by atoms with E-state index >= 15 is 0 Å². The molecule has 6 nitrogen and oxygen atoms in total. The van der Waals surface area contributed by atoms with Gasteiger partial charge in [0.1, 0.15) is 0 Å². The fraction of sp³-hybridized carbons (Fsp3) is 0.500. The van der Waals surface area contributed by atoms with Crippen molar-refractivity contribution in [1.82, 2.24) is 4.57 Å². The molecule has 23 heavy (non-hydrogen) atoms. The van der Waals surface area contributed by atoms with E-state index in [0.717, 1.165) is 0 Å². The zero-order chi connectivity index (χ0) is 17.4. The van der Waals surface area contributed by atoms with Gasteiger partial charge >= 0.3 is 11.7 Å². The molecule has 0 unspecified atom stereocenters. The van der Waals surface area contributed by atoms with Crippen molar-refractivity contribution in [1.29, 1.82) is 0 Å². The summed E-state index contributed by atoms with van der Waals surface area (Å²) in [5.41, 5.74) is 0.956. The van der Waals surface area contributed by atoms with Crippen LogP contribution in [0.1, 0.15) is 31.1 Å². The van der Waals surface area contributed by atoms with Crippen LogP contribution in [-0.4, -0.2) is 30.6 Å². The highest BCUT2D eigenvalue weighted by atomic mass is 28.4. The molecule has 0 bridgehead atoms. The molecule has 0 atom stereocenters. The molecule has 1 aromatic heterocycles. The Morgan fingerprint density at radius 3 is 2.57 bits per heavy atom. The molecule has 0 amide bonds. The van der Waals surface area contributed by atoms with Gasteiger partial charge in [-0.05, 0) is 36.3 Å². The molecule has 126 valence electrons. The minimum atomic E-state index is -1.87. The Bertz CT molecular complexity index is 782. The summed E-state index contributed by atoms with van der Waals surface area (Å²) >= 11 is 0. The lowest BCUT2D eigenvalue weighted by Gasteiger charge is -2.36. The minimum Gasteiger partial charge on any atom is -0.478 e. The molecule has 0 fully saturated rings. The maximum atomic E-state index is 12.0. The number of hydrogen-bond donors (Lipinski definition) is 1. The number of carbonyl (C=O) groups is 1. The van der Waals surface area contributed by atoms with Crippen molar-refractivity contribution in [2.45, 2.75) is 45.4 Å². The van der Waals surface area contributed by atoms with Crippen LogP contribution in [0.4, 0.5) is 0 Å². The molecule has 2 aromatic rings. The van der Waals surface area contributed by atoms with Crippen molar-refractivity contribution in [3.8, 4) is 0 Å². The van der Waals surface area contributed by atoms with E-state index < -0.39 is 20.0 Å². The molecule has 1 N–H and O–H groups in total. The molecule has 0 radical (unpaired) electrons. The summed E-state index contributed by atoms with van der Waals surface area (Å²) in [5.74, 6) is -1.55. The average Bonchev–Trinajstić information content (AvgIpc) is 2.72. The Kier molecular flexibility index (Phi) is 4.54. The lowest BCUT2D eigenvalue weighted by molar-refractivity contribution is 0.0697. The van der Waals surface area contributed by atoms with Crippen LogP contribution in [-0.2, 0) is 11.0 Å². The summed E-state index contributed by atoms with van der Waals surface area (Å²) in [4.78, 5) is 22.9. The van der Waals surface area contributed by atoms with Gasteiger partial charge in [0, 0.05) is 0 Å². The fourth-order valence-electron chi connectivity index (χ4n) is 2.02. The summed E-state index contributed by atoms with van der Waals surface area (Å²) in [6.07, 6.45) is 0. The maximum absolute atomic E-state index is 12.0. The van der Waals surface area contributed by atoms with Crippen molar-refractivity contribution in [2.24, 2.45) is 0 Å². The molecule has 0 saturated carbocycles. The van der Waals surface area contributed by atoms with Gasteiger partial charge in [-0.25, -0.2) is 9.59 Å². The number of aromatic nitrogens is 1. The van der Waals surface area contributed by atoms with Crippen molar-refractivity contribution in [2.75, 3.05) is 6.61 Å². The molecule has 0 aliphatic carbocycles. The Balaban J connectivity index is 2.20. The molecule has 0 aliphatic heterocycles. The van der Waals surface area contributed by atoms with Crippen molar-refractivity contribution < 1.29 is 18.7 Å². The molecular formula is C16H23NO5Si. The first kappa shape index (κ1) is 17.5. The van der Waals surface area contributed by atoms with Crippen LogP contribution in [0, 0.1) is 0 Å². The predicted molar refractivity (Wildman–Crippen MR) is 90.6 cm³/mol. The minimum absolute atomic E-state index is 0.0934. The third kappa shape index (κ3) is 3.56. The highest BCUT2D eigenvalue weighted by Gasteiger charge is 2.36. The van der Waals surface area contributed by atoms with Gasteiger partial charge in [0.2, 0.25) is 0 Å². The average molecular weight is 337 g/mol. The standard InChI is InChI=1S/C16H23NO5Si/c1-16(2,3)23(4,5)21-9-8-17-12-7-6-11(14(18)19)10-13(12)22-15(17)20/h6-7,10H,8-9H2,1-5H3,(H,18,19).